The fourth-order valence-electron chi connectivity index (χ4n) is 0.761. The van der Waals surface area contributed by atoms with Crippen LogP contribution in [-0.4, -0.2) is 29.7 Å². The molecule has 0 spiro atoms. The van der Waals surface area contributed by atoms with E-state index < -0.39 is 0 Å². The summed E-state index contributed by atoms with van der Waals surface area (Å²) in [6.45, 7) is 6.29. The first kappa shape index (κ1) is 13.0. The molecule has 0 rings (SSSR count). The highest BCUT2D eigenvalue weighted by Gasteiger charge is 1.99. The van der Waals surface area contributed by atoms with Crippen molar-refractivity contribution >= 4 is 29.1 Å². The molecule has 2 nitrogen and oxygen atoms in total. The Morgan fingerprint density at radius 2 is 2.15 bits per heavy atom. The van der Waals surface area contributed by atoms with E-state index >= 15 is 0 Å². The van der Waals surface area contributed by atoms with Crippen LogP contribution >= 0.6 is 24.0 Å². The zero-order chi connectivity index (χ0) is 10.1. The van der Waals surface area contributed by atoms with Gasteiger partial charge in [0.15, 0.2) is 5.11 Å². The second kappa shape index (κ2) is 8.63. The number of rotatable bonds is 6. The van der Waals surface area contributed by atoms with E-state index in [-0.39, 0.29) is 0 Å². The third kappa shape index (κ3) is 8.37. The van der Waals surface area contributed by atoms with E-state index in [2.05, 4.69) is 30.7 Å². The van der Waals surface area contributed by atoms with Crippen LogP contribution in [0.2, 0.25) is 0 Å². The molecule has 0 aromatic heterocycles. The molecule has 0 aromatic carbocycles. The van der Waals surface area contributed by atoms with Crippen LogP contribution in [-0.2, 0) is 0 Å². The third-order valence-corrected chi connectivity index (χ3v) is 3.03. The van der Waals surface area contributed by atoms with E-state index in [1.54, 1.807) is 0 Å². The summed E-state index contributed by atoms with van der Waals surface area (Å²) in [5, 5.41) is 7.77. The molecule has 13 heavy (non-hydrogen) atoms. The van der Waals surface area contributed by atoms with Crippen molar-refractivity contribution in [3.63, 3.8) is 0 Å². The molecule has 4 heteroatoms. The van der Waals surface area contributed by atoms with Gasteiger partial charge in [-0.3, -0.25) is 0 Å². The van der Waals surface area contributed by atoms with Gasteiger partial charge in [0.25, 0.3) is 0 Å². The Morgan fingerprint density at radius 1 is 1.46 bits per heavy atom. The van der Waals surface area contributed by atoms with Gasteiger partial charge in [0.2, 0.25) is 0 Å². The van der Waals surface area contributed by atoms with Gasteiger partial charge >= 0.3 is 0 Å². The SMILES string of the molecule is CCCCNC(=S)NCC(C)SC. The van der Waals surface area contributed by atoms with Crippen molar-refractivity contribution < 1.29 is 0 Å². The minimum Gasteiger partial charge on any atom is -0.363 e. The average Bonchev–Trinajstić information content (AvgIpc) is 2.14. The topological polar surface area (TPSA) is 24.1 Å². The Balaban J connectivity index is 3.30. The molecular formula is C9H20N2S2. The second-order valence-corrected chi connectivity index (χ2v) is 4.72. The molecule has 0 aliphatic rings. The number of nitrogens with one attached hydrogen (secondary N) is 2. The Labute approximate surface area is 91.2 Å². The van der Waals surface area contributed by atoms with Crippen molar-refractivity contribution in [3.8, 4) is 0 Å². The molecule has 0 saturated heterocycles. The van der Waals surface area contributed by atoms with Crippen molar-refractivity contribution in [2.45, 2.75) is 31.9 Å². The molecule has 1 atom stereocenters. The highest BCUT2D eigenvalue weighted by molar-refractivity contribution is 7.99. The zero-order valence-electron chi connectivity index (χ0n) is 8.72. The maximum absolute atomic E-state index is 5.10. The summed E-state index contributed by atoms with van der Waals surface area (Å²) in [5.74, 6) is 0. The predicted molar refractivity (Wildman–Crippen MR) is 66.5 cm³/mol. The Morgan fingerprint density at radius 3 is 2.69 bits per heavy atom. The molecule has 0 amide bonds. The van der Waals surface area contributed by atoms with Gasteiger partial charge in [0, 0.05) is 18.3 Å². The number of hydrogen-bond donors (Lipinski definition) is 2. The van der Waals surface area contributed by atoms with Gasteiger partial charge in [-0.25, -0.2) is 0 Å². The molecule has 0 bridgehead atoms. The summed E-state index contributed by atoms with van der Waals surface area (Å²) >= 11 is 6.95. The molecule has 2 N–H and O–H groups in total. The predicted octanol–water partition coefficient (Wildman–Crippen LogP) is 2.00. The lowest BCUT2D eigenvalue weighted by Crippen LogP contribution is -2.38. The van der Waals surface area contributed by atoms with E-state index in [0.717, 1.165) is 18.2 Å². The minimum absolute atomic E-state index is 0.617. The van der Waals surface area contributed by atoms with Crippen molar-refractivity contribution in [1.82, 2.24) is 10.6 Å². The smallest absolute Gasteiger partial charge is 0.166 e. The van der Waals surface area contributed by atoms with Crippen LogP contribution in [0.4, 0.5) is 0 Å². The van der Waals surface area contributed by atoms with Crippen LogP contribution in [0, 0.1) is 0 Å². The first-order chi connectivity index (χ1) is 6.20. The molecule has 0 aliphatic carbocycles. The fraction of sp³-hybridized carbons (Fsp3) is 0.889. The van der Waals surface area contributed by atoms with Gasteiger partial charge in [-0.15, -0.1) is 0 Å². The van der Waals surface area contributed by atoms with Crippen LogP contribution in [0.1, 0.15) is 26.7 Å². The molecule has 0 fully saturated rings. The van der Waals surface area contributed by atoms with Gasteiger partial charge < -0.3 is 10.6 Å². The summed E-state index contributed by atoms with van der Waals surface area (Å²) in [6, 6.07) is 0. The first-order valence-electron chi connectivity index (χ1n) is 4.75. The van der Waals surface area contributed by atoms with Crippen molar-refractivity contribution in [2.75, 3.05) is 19.3 Å². The molecule has 0 aromatic rings. The summed E-state index contributed by atoms with van der Waals surface area (Å²) in [4.78, 5) is 0. The van der Waals surface area contributed by atoms with Crippen molar-refractivity contribution in [3.05, 3.63) is 0 Å². The van der Waals surface area contributed by atoms with E-state index in [1.807, 2.05) is 11.8 Å². The van der Waals surface area contributed by atoms with Crippen LogP contribution in [0.15, 0.2) is 0 Å². The maximum Gasteiger partial charge on any atom is 0.166 e. The van der Waals surface area contributed by atoms with E-state index in [4.69, 9.17) is 12.2 Å². The standard InChI is InChI=1S/C9H20N2S2/c1-4-5-6-10-9(12)11-7-8(2)13-3/h8H,4-7H2,1-3H3,(H2,10,11,12). The van der Waals surface area contributed by atoms with Crippen LogP contribution in [0.25, 0.3) is 0 Å². The van der Waals surface area contributed by atoms with E-state index in [1.165, 1.54) is 12.8 Å². The van der Waals surface area contributed by atoms with Crippen LogP contribution in [0.5, 0.6) is 0 Å². The molecule has 1 unspecified atom stereocenters. The average molecular weight is 220 g/mol. The van der Waals surface area contributed by atoms with Crippen molar-refractivity contribution in [2.24, 2.45) is 0 Å². The molecule has 0 saturated carbocycles. The van der Waals surface area contributed by atoms with Crippen LogP contribution in [0.3, 0.4) is 0 Å². The molecule has 0 radical (unpaired) electrons. The normalized spacial score (nSPS) is 12.2. The summed E-state index contributed by atoms with van der Waals surface area (Å²) in [7, 11) is 0. The van der Waals surface area contributed by atoms with Crippen LogP contribution < -0.4 is 10.6 Å². The van der Waals surface area contributed by atoms with E-state index in [9.17, 15) is 0 Å². The largest absolute Gasteiger partial charge is 0.363 e. The molecule has 78 valence electrons. The maximum atomic E-state index is 5.10. The number of unbranched alkanes of at least 4 members (excludes halogenated alkanes) is 1. The highest BCUT2D eigenvalue weighted by atomic mass is 32.2. The molecule has 0 heterocycles. The fourth-order valence-corrected chi connectivity index (χ4v) is 1.20. The van der Waals surface area contributed by atoms with Gasteiger partial charge in [-0.05, 0) is 24.9 Å². The highest BCUT2D eigenvalue weighted by Crippen LogP contribution is 2.01. The molecular weight excluding hydrogens is 200 g/mol. The van der Waals surface area contributed by atoms with Crippen molar-refractivity contribution in [1.29, 1.82) is 0 Å². The first-order valence-corrected chi connectivity index (χ1v) is 6.44. The van der Waals surface area contributed by atoms with Gasteiger partial charge in [-0.1, -0.05) is 20.3 Å². The summed E-state index contributed by atoms with van der Waals surface area (Å²) in [5.41, 5.74) is 0. The quantitative estimate of drug-likeness (QED) is 0.528. The zero-order valence-corrected chi connectivity index (χ0v) is 10.4. The summed E-state index contributed by atoms with van der Waals surface area (Å²) in [6.07, 6.45) is 4.50. The Bertz CT molecular complexity index is 140. The number of thiocarbonyl (C=S) groups is 1. The lowest BCUT2D eigenvalue weighted by Gasteiger charge is -2.12. The summed E-state index contributed by atoms with van der Waals surface area (Å²) < 4.78 is 0. The third-order valence-electron chi connectivity index (χ3n) is 1.77. The number of hydrogen-bond acceptors (Lipinski definition) is 2. The lowest BCUT2D eigenvalue weighted by atomic mass is 10.3. The second-order valence-electron chi connectivity index (χ2n) is 3.04. The molecule has 0 aliphatic heterocycles. The monoisotopic (exact) mass is 220 g/mol. The Hall–Kier alpha value is 0.0400. The van der Waals surface area contributed by atoms with Gasteiger partial charge in [0.1, 0.15) is 0 Å². The van der Waals surface area contributed by atoms with Gasteiger partial charge in [0.05, 0.1) is 0 Å². The minimum atomic E-state index is 0.617. The van der Waals surface area contributed by atoms with E-state index in [0.29, 0.717) is 5.25 Å². The number of thioether (sulfide) groups is 1. The lowest BCUT2D eigenvalue weighted by molar-refractivity contribution is 0.736. The van der Waals surface area contributed by atoms with Gasteiger partial charge in [-0.2, -0.15) is 11.8 Å². The Kier molecular flexibility index (Phi) is 8.66.